The van der Waals surface area contributed by atoms with E-state index in [1.54, 1.807) is 13.8 Å². The first-order valence-electron chi connectivity index (χ1n) is 8.38. The third-order valence-corrected chi connectivity index (χ3v) is 5.18. The second kappa shape index (κ2) is 10.4. The Morgan fingerprint density at radius 1 is 1.00 bits per heavy atom. The third-order valence-electron chi connectivity index (χ3n) is 3.19. The van der Waals surface area contributed by atoms with Crippen LogP contribution in [0.2, 0.25) is 0 Å². The minimum absolute atomic E-state index is 0.0677. The molecule has 0 fully saturated rings. The van der Waals surface area contributed by atoms with Crippen molar-refractivity contribution in [3.05, 3.63) is 11.6 Å². The fraction of sp³-hybridized carbons (Fsp3) is 0.688. The van der Waals surface area contributed by atoms with Crippen LogP contribution in [-0.4, -0.2) is 56.0 Å². The van der Waals surface area contributed by atoms with Crippen LogP contribution in [0.25, 0.3) is 0 Å². The molecule has 0 aromatic heterocycles. The maximum atomic E-state index is 13.0. The maximum Gasteiger partial charge on any atom is 0.395 e. The van der Waals surface area contributed by atoms with E-state index < -0.39 is 43.8 Å². The van der Waals surface area contributed by atoms with Gasteiger partial charge in [0.2, 0.25) is 5.50 Å². The Balaban J connectivity index is 3.31. The lowest BCUT2D eigenvalue weighted by Gasteiger charge is -2.36. The number of hydrogen-bond donors (Lipinski definition) is 0. The maximum absolute atomic E-state index is 13.0. The highest BCUT2D eigenvalue weighted by Crippen LogP contribution is 2.58. The molecule has 27 heavy (non-hydrogen) atoms. The minimum atomic E-state index is -3.85. The molecule has 0 N–H and O–H groups in total. The highest BCUT2D eigenvalue weighted by Gasteiger charge is 2.46. The predicted octanol–water partition coefficient (Wildman–Crippen LogP) is 1.92. The summed E-state index contributed by atoms with van der Waals surface area (Å²) in [5, 5.41) is 0. The van der Waals surface area contributed by atoms with Crippen molar-refractivity contribution in [2.75, 3.05) is 19.8 Å². The van der Waals surface area contributed by atoms with Crippen LogP contribution in [-0.2, 0) is 46.9 Å². The Hall–Kier alpha value is -1.90. The van der Waals surface area contributed by atoms with Crippen molar-refractivity contribution in [1.82, 2.24) is 0 Å². The van der Waals surface area contributed by atoms with Crippen molar-refractivity contribution in [3.63, 3.8) is 0 Å². The van der Waals surface area contributed by atoms with Crippen molar-refractivity contribution in [1.29, 1.82) is 0 Å². The molecule has 0 aliphatic carbocycles. The van der Waals surface area contributed by atoms with E-state index in [-0.39, 0.29) is 25.3 Å². The molecule has 0 radical (unpaired) electrons. The van der Waals surface area contributed by atoms with Gasteiger partial charge in [-0.1, -0.05) is 0 Å². The van der Waals surface area contributed by atoms with Gasteiger partial charge in [-0.3, -0.25) is 18.9 Å². The van der Waals surface area contributed by atoms with E-state index >= 15 is 0 Å². The molecule has 0 unspecified atom stereocenters. The van der Waals surface area contributed by atoms with E-state index in [0.29, 0.717) is 0 Å². The van der Waals surface area contributed by atoms with Gasteiger partial charge in [-0.25, -0.2) is 0 Å². The first kappa shape index (κ1) is 23.1. The van der Waals surface area contributed by atoms with Crippen LogP contribution in [0.15, 0.2) is 11.6 Å². The van der Waals surface area contributed by atoms with Crippen molar-refractivity contribution in [2.24, 2.45) is 0 Å². The summed E-state index contributed by atoms with van der Waals surface area (Å²) in [7, 11) is -3.85. The number of rotatable bonds is 9. The Morgan fingerprint density at radius 3 is 2.00 bits per heavy atom. The Labute approximate surface area is 157 Å². The summed E-state index contributed by atoms with van der Waals surface area (Å²) in [6.45, 7) is 6.57. The lowest BCUT2D eigenvalue weighted by Crippen LogP contribution is -2.48. The van der Waals surface area contributed by atoms with Gasteiger partial charge in [0.05, 0.1) is 13.2 Å². The molecule has 0 bridgehead atoms. The average molecular weight is 408 g/mol. The molecule has 1 aliphatic heterocycles. The largest absolute Gasteiger partial charge is 0.475 e. The van der Waals surface area contributed by atoms with Crippen molar-refractivity contribution >= 4 is 25.5 Å². The molecule has 0 saturated carbocycles. The van der Waals surface area contributed by atoms with E-state index in [0.717, 1.165) is 6.92 Å². The smallest absolute Gasteiger partial charge is 0.395 e. The van der Waals surface area contributed by atoms with E-state index in [9.17, 15) is 18.9 Å². The zero-order valence-electron chi connectivity index (χ0n) is 16.0. The van der Waals surface area contributed by atoms with Crippen molar-refractivity contribution in [2.45, 2.75) is 52.9 Å². The third kappa shape index (κ3) is 6.97. The van der Waals surface area contributed by atoms with Crippen molar-refractivity contribution in [3.8, 4) is 0 Å². The van der Waals surface area contributed by atoms with E-state index in [1.165, 1.54) is 19.9 Å². The summed E-state index contributed by atoms with van der Waals surface area (Å²) in [5.41, 5.74) is -0.210. The van der Waals surface area contributed by atoms with Gasteiger partial charge in [0.1, 0.15) is 6.61 Å². The molecule has 0 aromatic rings. The molecule has 154 valence electrons. The molecule has 11 heteroatoms. The summed E-state index contributed by atoms with van der Waals surface area (Å²) in [5.74, 6) is -1.93. The Kier molecular flexibility index (Phi) is 8.95. The van der Waals surface area contributed by atoms with Gasteiger partial charge in [0, 0.05) is 26.8 Å². The Morgan fingerprint density at radius 2 is 1.56 bits per heavy atom. The van der Waals surface area contributed by atoms with Gasteiger partial charge in [0.25, 0.3) is 0 Å². The average Bonchev–Trinajstić information content (AvgIpc) is 2.54. The van der Waals surface area contributed by atoms with Gasteiger partial charge in [0.15, 0.2) is 18.3 Å². The lowest BCUT2D eigenvalue weighted by molar-refractivity contribution is -0.180. The van der Waals surface area contributed by atoms with E-state index in [2.05, 4.69) is 0 Å². The molecular weight excluding hydrogens is 383 g/mol. The molecule has 1 aliphatic rings. The quantitative estimate of drug-likeness (QED) is 0.317. The molecule has 10 nitrogen and oxygen atoms in total. The molecule has 0 amide bonds. The van der Waals surface area contributed by atoms with Crippen LogP contribution in [0.3, 0.4) is 0 Å². The fourth-order valence-electron chi connectivity index (χ4n) is 2.32. The zero-order chi connectivity index (χ0) is 20.6. The normalized spacial score (nSPS) is 22.3. The number of esters is 3. The SMILES string of the molecule is CCOP(=O)(OCC)C1=C[C@@H](OC(C)=O)[C@H](OC(C)=O)[C@@H](COC(C)=O)O1. The minimum Gasteiger partial charge on any atom is -0.475 e. The van der Waals surface area contributed by atoms with Gasteiger partial charge < -0.3 is 28.0 Å². The summed E-state index contributed by atoms with van der Waals surface area (Å²) < 4.78 is 44.4. The van der Waals surface area contributed by atoms with Gasteiger partial charge >= 0.3 is 25.5 Å². The molecule has 1 rings (SSSR count). The second-order valence-electron chi connectivity index (χ2n) is 5.44. The van der Waals surface area contributed by atoms with Crippen LogP contribution in [0.1, 0.15) is 34.6 Å². The van der Waals surface area contributed by atoms with E-state index in [4.69, 9.17) is 28.0 Å². The highest BCUT2D eigenvalue weighted by molar-refractivity contribution is 7.58. The Bertz CT molecular complexity index is 619. The van der Waals surface area contributed by atoms with Crippen molar-refractivity contribution < 1.29 is 46.9 Å². The highest BCUT2D eigenvalue weighted by atomic mass is 31.2. The molecule has 0 spiro atoms. The van der Waals surface area contributed by atoms with Crippen LogP contribution in [0.5, 0.6) is 0 Å². The van der Waals surface area contributed by atoms with Crippen LogP contribution in [0, 0.1) is 0 Å². The molecule has 0 saturated heterocycles. The first-order valence-corrected chi connectivity index (χ1v) is 9.93. The van der Waals surface area contributed by atoms with Gasteiger partial charge in [-0.2, -0.15) is 0 Å². The fourth-order valence-corrected chi connectivity index (χ4v) is 3.93. The molecule has 0 aromatic carbocycles. The summed E-state index contributed by atoms with van der Waals surface area (Å²) in [6.07, 6.45) is -2.13. The summed E-state index contributed by atoms with van der Waals surface area (Å²) in [6, 6.07) is 0. The van der Waals surface area contributed by atoms with Gasteiger partial charge in [-0.15, -0.1) is 0 Å². The van der Waals surface area contributed by atoms with Gasteiger partial charge in [-0.05, 0) is 13.8 Å². The monoisotopic (exact) mass is 408 g/mol. The molecular formula is C16H25O10P. The molecule has 1 heterocycles. The van der Waals surface area contributed by atoms with Crippen LogP contribution < -0.4 is 0 Å². The second-order valence-corrected chi connectivity index (χ2v) is 7.40. The first-order chi connectivity index (χ1) is 12.6. The molecule has 3 atom stereocenters. The number of carbonyl (C=O) groups excluding carboxylic acids is 3. The number of ether oxygens (including phenoxy) is 4. The topological polar surface area (TPSA) is 124 Å². The van der Waals surface area contributed by atoms with Crippen LogP contribution >= 0.6 is 7.60 Å². The number of carbonyl (C=O) groups is 3. The summed E-state index contributed by atoms with van der Waals surface area (Å²) >= 11 is 0. The van der Waals surface area contributed by atoms with Crippen LogP contribution in [0.4, 0.5) is 0 Å². The standard InChI is InChI=1S/C16H25O10P/c1-6-22-27(20,23-7-2)15-8-13(24-11(4)18)16(25-12(5)19)14(26-15)9-21-10(3)17/h8,13-14,16H,6-7,9H2,1-5H3/t13-,14-,16+/m1/s1. The number of hydrogen-bond acceptors (Lipinski definition) is 10. The summed E-state index contributed by atoms with van der Waals surface area (Å²) in [4.78, 5) is 34.1. The lowest BCUT2D eigenvalue weighted by atomic mass is 10.1. The zero-order valence-corrected chi connectivity index (χ0v) is 16.9. The van der Waals surface area contributed by atoms with E-state index in [1.807, 2.05) is 0 Å². The predicted molar refractivity (Wildman–Crippen MR) is 91.6 cm³/mol.